The maximum absolute atomic E-state index is 5.96. The van der Waals surface area contributed by atoms with E-state index in [1.807, 2.05) is 12.1 Å². The lowest BCUT2D eigenvalue weighted by Crippen LogP contribution is -2.32. The van der Waals surface area contributed by atoms with Crippen LogP contribution in [0.3, 0.4) is 0 Å². The monoisotopic (exact) mass is 371 g/mol. The first kappa shape index (κ1) is 19.5. The molecule has 0 bridgehead atoms. The molecule has 0 radical (unpaired) electrons. The summed E-state index contributed by atoms with van der Waals surface area (Å²) in [5.74, 6) is 0.319. The van der Waals surface area contributed by atoms with Crippen molar-refractivity contribution in [3.8, 4) is 0 Å². The Bertz CT molecular complexity index is 703. The Morgan fingerprint density at radius 1 is 0.760 bits per heavy atom. The zero-order chi connectivity index (χ0) is 16.8. The smallest absolute Gasteiger partial charge is 0.0406 e. The van der Waals surface area contributed by atoms with Crippen LogP contribution in [0.2, 0.25) is 5.02 Å². The van der Waals surface area contributed by atoms with E-state index in [2.05, 4.69) is 85.0 Å². The Balaban J connectivity index is 0.00000225. The van der Waals surface area contributed by atoms with Gasteiger partial charge in [0.2, 0.25) is 0 Å². The first-order chi connectivity index (χ1) is 11.7. The quantitative estimate of drug-likeness (QED) is 0.554. The molecule has 25 heavy (non-hydrogen) atoms. The van der Waals surface area contributed by atoms with Crippen molar-refractivity contribution in [1.29, 1.82) is 0 Å². The van der Waals surface area contributed by atoms with Crippen LogP contribution in [-0.2, 0) is 6.54 Å². The van der Waals surface area contributed by atoms with E-state index in [-0.39, 0.29) is 12.4 Å². The second-order valence-electron chi connectivity index (χ2n) is 6.10. The van der Waals surface area contributed by atoms with Crippen molar-refractivity contribution in [3.05, 3.63) is 107 Å². The van der Waals surface area contributed by atoms with E-state index in [0.717, 1.165) is 11.6 Å². The van der Waals surface area contributed by atoms with Crippen LogP contribution in [0, 0.1) is 0 Å². The standard InChI is InChI=1S/C22H22ClN.ClH/c1-17(24-16-18-12-14-21(23)15-13-18)22(19-8-4-2-5-9-19)20-10-6-3-7-11-20;/h2-15,17,22,24H,16H2,1H3;1H. The molecule has 3 aromatic carbocycles. The van der Waals surface area contributed by atoms with Gasteiger partial charge in [0.1, 0.15) is 0 Å². The van der Waals surface area contributed by atoms with Gasteiger partial charge in [-0.25, -0.2) is 0 Å². The largest absolute Gasteiger partial charge is 0.309 e. The van der Waals surface area contributed by atoms with Gasteiger partial charge in [-0.2, -0.15) is 0 Å². The minimum Gasteiger partial charge on any atom is -0.309 e. The lowest BCUT2D eigenvalue weighted by atomic mass is 9.86. The third kappa shape index (κ3) is 5.34. The van der Waals surface area contributed by atoms with Gasteiger partial charge in [0.25, 0.3) is 0 Å². The number of benzene rings is 3. The molecule has 1 N–H and O–H groups in total. The summed E-state index contributed by atoms with van der Waals surface area (Å²) in [6, 6.07) is 29.7. The van der Waals surface area contributed by atoms with Gasteiger partial charge >= 0.3 is 0 Å². The van der Waals surface area contributed by atoms with E-state index in [0.29, 0.717) is 12.0 Å². The second-order valence-corrected chi connectivity index (χ2v) is 6.53. The summed E-state index contributed by atoms with van der Waals surface area (Å²) in [5, 5.41) is 4.45. The summed E-state index contributed by atoms with van der Waals surface area (Å²) in [6.45, 7) is 3.08. The third-order valence-electron chi connectivity index (χ3n) is 4.36. The van der Waals surface area contributed by atoms with Crippen molar-refractivity contribution in [2.45, 2.75) is 25.4 Å². The van der Waals surface area contributed by atoms with Crippen LogP contribution >= 0.6 is 24.0 Å². The van der Waals surface area contributed by atoms with Crippen LogP contribution in [0.25, 0.3) is 0 Å². The fourth-order valence-electron chi connectivity index (χ4n) is 3.09. The van der Waals surface area contributed by atoms with Crippen molar-refractivity contribution in [2.75, 3.05) is 0 Å². The Labute approximate surface area is 161 Å². The number of hydrogen-bond donors (Lipinski definition) is 1. The van der Waals surface area contributed by atoms with E-state index in [9.17, 15) is 0 Å². The van der Waals surface area contributed by atoms with Crippen molar-refractivity contribution in [2.24, 2.45) is 0 Å². The first-order valence-electron chi connectivity index (χ1n) is 8.32. The lowest BCUT2D eigenvalue weighted by Gasteiger charge is -2.26. The molecule has 1 nitrogen and oxygen atoms in total. The summed E-state index contributed by atoms with van der Waals surface area (Å²) in [7, 11) is 0. The van der Waals surface area contributed by atoms with Gasteiger partial charge in [-0.1, -0.05) is 84.4 Å². The van der Waals surface area contributed by atoms with E-state index in [1.165, 1.54) is 16.7 Å². The van der Waals surface area contributed by atoms with Crippen LogP contribution < -0.4 is 5.32 Å². The fraction of sp³-hybridized carbons (Fsp3) is 0.182. The van der Waals surface area contributed by atoms with E-state index >= 15 is 0 Å². The van der Waals surface area contributed by atoms with Crippen molar-refractivity contribution in [3.63, 3.8) is 0 Å². The molecule has 0 aliphatic carbocycles. The molecule has 0 aromatic heterocycles. The number of hydrogen-bond acceptors (Lipinski definition) is 1. The zero-order valence-corrected chi connectivity index (χ0v) is 15.8. The minimum absolute atomic E-state index is 0. The third-order valence-corrected chi connectivity index (χ3v) is 4.61. The summed E-state index contributed by atoms with van der Waals surface area (Å²) in [4.78, 5) is 0. The molecule has 130 valence electrons. The van der Waals surface area contributed by atoms with Gasteiger partial charge < -0.3 is 5.32 Å². The van der Waals surface area contributed by atoms with Crippen molar-refractivity contribution in [1.82, 2.24) is 5.32 Å². The predicted octanol–water partition coefficient (Wildman–Crippen LogP) is 6.07. The molecule has 1 unspecified atom stereocenters. The molecule has 0 spiro atoms. The van der Waals surface area contributed by atoms with Gasteiger partial charge in [0.05, 0.1) is 0 Å². The van der Waals surface area contributed by atoms with E-state index in [4.69, 9.17) is 11.6 Å². The van der Waals surface area contributed by atoms with Crippen LogP contribution in [-0.4, -0.2) is 6.04 Å². The molecule has 0 aliphatic heterocycles. The molecule has 1 atom stereocenters. The molecule has 0 fully saturated rings. The highest BCUT2D eigenvalue weighted by Crippen LogP contribution is 2.28. The molecular formula is C22H23Cl2N. The highest BCUT2D eigenvalue weighted by Gasteiger charge is 2.20. The van der Waals surface area contributed by atoms with Gasteiger partial charge in [0.15, 0.2) is 0 Å². The number of nitrogens with one attached hydrogen (secondary N) is 1. The van der Waals surface area contributed by atoms with Crippen molar-refractivity contribution < 1.29 is 0 Å². The summed E-state index contributed by atoms with van der Waals surface area (Å²) < 4.78 is 0. The first-order valence-corrected chi connectivity index (χ1v) is 8.69. The molecule has 0 heterocycles. The maximum atomic E-state index is 5.96. The molecule has 3 aromatic rings. The van der Waals surface area contributed by atoms with Crippen LogP contribution in [0.5, 0.6) is 0 Å². The van der Waals surface area contributed by atoms with Gasteiger partial charge in [-0.05, 0) is 35.7 Å². The van der Waals surface area contributed by atoms with Gasteiger partial charge in [0, 0.05) is 23.5 Å². The molecule has 0 aliphatic rings. The topological polar surface area (TPSA) is 12.0 Å². The minimum atomic E-state index is 0. The van der Waals surface area contributed by atoms with Crippen molar-refractivity contribution >= 4 is 24.0 Å². The molecule has 3 heteroatoms. The molecule has 0 amide bonds. The van der Waals surface area contributed by atoms with Crippen LogP contribution in [0.4, 0.5) is 0 Å². The second kappa shape index (κ2) is 9.62. The molecular weight excluding hydrogens is 349 g/mol. The zero-order valence-electron chi connectivity index (χ0n) is 14.2. The summed E-state index contributed by atoms with van der Waals surface area (Å²) in [6.07, 6.45) is 0. The van der Waals surface area contributed by atoms with Gasteiger partial charge in [-0.15, -0.1) is 12.4 Å². The normalized spacial score (nSPS) is 11.8. The predicted molar refractivity (Wildman–Crippen MR) is 110 cm³/mol. The fourth-order valence-corrected chi connectivity index (χ4v) is 3.22. The Kier molecular flexibility index (Phi) is 7.52. The Morgan fingerprint density at radius 3 is 1.72 bits per heavy atom. The number of rotatable bonds is 6. The summed E-state index contributed by atoms with van der Waals surface area (Å²) in [5.41, 5.74) is 3.91. The molecule has 0 saturated heterocycles. The van der Waals surface area contributed by atoms with Crippen LogP contribution in [0.1, 0.15) is 29.5 Å². The lowest BCUT2D eigenvalue weighted by molar-refractivity contribution is 0.498. The maximum Gasteiger partial charge on any atom is 0.0406 e. The van der Waals surface area contributed by atoms with E-state index < -0.39 is 0 Å². The van der Waals surface area contributed by atoms with Gasteiger partial charge in [-0.3, -0.25) is 0 Å². The van der Waals surface area contributed by atoms with Crippen LogP contribution in [0.15, 0.2) is 84.9 Å². The average Bonchev–Trinajstić information content (AvgIpc) is 2.63. The molecule has 0 saturated carbocycles. The van der Waals surface area contributed by atoms with E-state index in [1.54, 1.807) is 0 Å². The highest BCUT2D eigenvalue weighted by atomic mass is 35.5. The Hall–Kier alpha value is -1.80. The summed E-state index contributed by atoms with van der Waals surface area (Å²) >= 11 is 5.96. The highest BCUT2D eigenvalue weighted by molar-refractivity contribution is 6.30. The number of halogens is 2. The SMILES string of the molecule is CC(NCc1ccc(Cl)cc1)C(c1ccccc1)c1ccccc1.Cl. The average molecular weight is 372 g/mol. The Morgan fingerprint density at radius 2 is 1.24 bits per heavy atom. The molecule has 3 rings (SSSR count).